The summed E-state index contributed by atoms with van der Waals surface area (Å²) in [6, 6.07) is 6.71. The number of aliphatic hydroxyl groups excluding tert-OH is 1. The number of aliphatic hydroxyl groups is 1. The van der Waals surface area contributed by atoms with Crippen LogP contribution in [0.1, 0.15) is 12.5 Å². The number of carbonyl (C=O) groups excluding carboxylic acids is 1. The summed E-state index contributed by atoms with van der Waals surface area (Å²) in [5, 5.41) is 9.96. The van der Waals surface area contributed by atoms with Crippen molar-refractivity contribution >= 4 is 23.3 Å². The van der Waals surface area contributed by atoms with Crippen LogP contribution in [0.15, 0.2) is 30.3 Å². The Morgan fingerprint density at radius 2 is 2.20 bits per heavy atom. The van der Waals surface area contributed by atoms with Gasteiger partial charge in [-0.3, -0.25) is 0 Å². The molecule has 0 aliphatic carbocycles. The second-order valence-electron chi connectivity index (χ2n) is 2.76. The highest BCUT2D eigenvalue weighted by Gasteiger charge is 2.06. The molecule has 1 aromatic carbocycles. The fourth-order valence-corrected chi connectivity index (χ4v) is 1.27. The van der Waals surface area contributed by atoms with E-state index in [2.05, 4.69) is 4.74 Å². The Labute approximate surface area is 92.9 Å². The Hall–Kier alpha value is -1.48. The number of rotatable bonds is 3. The van der Waals surface area contributed by atoms with E-state index in [1.165, 1.54) is 0 Å². The lowest BCUT2D eigenvalue weighted by Crippen LogP contribution is -2.01. The molecule has 0 saturated heterocycles. The van der Waals surface area contributed by atoms with Gasteiger partial charge in [0.15, 0.2) is 0 Å². The number of ether oxygens (including phenoxy) is 1. The molecule has 15 heavy (non-hydrogen) atoms. The molecule has 0 saturated carbocycles. The van der Waals surface area contributed by atoms with Gasteiger partial charge in [0.2, 0.25) is 0 Å². The van der Waals surface area contributed by atoms with Gasteiger partial charge in [0, 0.05) is 5.56 Å². The van der Waals surface area contributed by atoms with Crippen LogP contribution >= 0.6 is 11.6 Å². The number of esters is 1. The molecule has 0 radical (unpaired) electrons. The van der Waals surface area contributed by atoms with Crippen LogP contribution in [0, 0.1) is 0 Å². The number of hydrogen-bond acceptors (Lipinski definition) is 3. The van der Waals surface area contributed by atoms with Gasteiger partial charge in [-0.25, -0.2) is 4.79 Å². The lowest BCUT2D eigenvalue weighted by Gasteiger charge is -2.02. The number of carbonyl (C=O) groups is 1. The zero-order valence-electron chi connectivity index (χ0n) is 8.24. The minimum atomic E-state index is -0.588. The van der Waals surface area contributed by atoms with Gasteiger partial charge in [0.25, 0.3) is 0 Å². The average Bonchev–Trinajstić information content (AvgIpc) is 2.18. The van der Waals surface area contributed by atoms with Crippen molar-refractivity contribution in [3.05, 3.63) is 40.9 Å². The highest BCUT2D eigenvalue weighted by molar-refractivity contribution is 6.32. The van der Waals surface area contributed by atoms with E-state index in [1.54, 1.807) is 31.2 Å². The van der Waals surface area contributed by atoms with Crippen molar-refractivity contribution in [1.82, 2.24) is 0 Å². The summed E-state index contributed by atoms with van der Waals surface area (Å²) in [5.74, 6) is -0.783. The second kappa shape index (κ2) is 5.41. The first kappa shape index (κ1) is 11.6. The molecule has 0 fully saturated rings. The van der Waals surface area contributed by atoms with Crippen LogP contribution in [0.2, 0.25) is 5.02 Å². The van der Waals surface area contributed by atoms with Crippen molar-refractivity contribution in [1.29, 1.82) is 0 Å². The van der Waals surface area contributed by atoms with Crippen LogP contribution < -0.4 is 0 Å². The first-order valence-electron chi connectivity index (χ1n) is 4.47. The van der Waals surface area contributed by atoms with Crippen molar-refractivity contribution in [2.24, 2.45) is 0 Å². The predicted octanol–water partition coefficient (Wildman–Crippen LogP) is 2.80. The first-order chi connectivity index (χ1) is 7.15. The van der Waals surface area contributed by atoms with E-state index in [0.29, 0.717) is 10.6 Å². The van der Waals surface area contributed by atoms with Gasteiger partial charge in [-0.15, -0.1) is 0 Å². The molecule has 0 aromatic heterocycles. The summed E-state index contributed by atoms with van der Waals surface area (Å²) in [7, 11) is 0. The Morgan fingerprint density at radius 3 is 2.80 bits per heavy atom. The summed E-state index contributed by atoms with van der Waals surface area (Å²) in [4.78, 5) is 11.0. The van der Waals surface area contributed by atoms with E-state index >= 15 is 0 Å². The minimum absolute atomic E-state index is 0.195. The molecule has 1 aromatic rings. The maximum absolute atomic E-state index is 11.0. The fourth-order valence-electron chi connectivity index (χ4n) is 1.04. The van der Waals surface area contributed by atoms with Crippen molar-refractivity contribution in [2.75, 3.05) is 6.61 Å². The Morgan fingerprint density at radius 1 is 1.53 bits per heavy atom. The maximum atomic E-state index is 11.0. The van der Waals surface area contributed by atoms with Gasteiger partial charge in [0.1, 0.15) is 5.76 Å². The van der Waals surface area contributed by atoms with Crippen LogP contribution in [0.5, 0.6) is 0 Å². The predicted molar refractivity (Wildman–Crippen MR) is 58.7 cm³/mol. The van der Waals surface area contributed by atoms with Crippen LogP contribution in [-0.2, 0) is 9.53 Å². The summed E-state index contributed by atoms with van der Waals surface area (Å²) in [5.41, 5.74) is 0.409. The molecule has 1 rings (SSSR count). The monoisotopic (exact) mass is 226 g/mol. The summed E-state index contributed by atoms with van der Waals surface area (Å²) >= 11 is 5.83. The molecular formula is C11H11ClO3. The maximum Gasteiger partial charge on any atom is 0.334 e. The third-order valence-electron chi connectivity index (χ3n) is 1.69. The number of halogens is 1. The highest BCUT2D eigenvalue weighted by Crippen LogP contribution is 2.21. The van der Waals surface area contributed by atoms with Gasteiger partial charge >= 0.3 is 5.97 Å². The summed E-state index contributed by atoms with van der Waals surface area (Å²) in [6.45, 7) is 1.96. The van der Waals surface area contributed by atoms with E-state index in [1.807, 2.05) is 0 Å². The minimum Gasteiger partial charge on any atom is -0.507 e. The van der Waals surface area contributed by atoms with E-state index < -0.39 is 5.97 Å². The summed E-state index contributed by atoms with van der Waals surface area (Å²) < 4.78 is 4.66. The van der Waals surface area contributed by atoms with Crippen molar-refractivity contribution in [3.8, 4) is 0 Å². The number of benzene rings is 1. The van der Waals surface area contributed by atoms with Gasteiger partial charge in [-0.2, -0.15) is 0 Å². The van der Waals surface area contributed by atoms with Crippen LogP contribution in [0.4, 0.5) is 0 Å². The number of hydrogen-bond donors (Lipinski definition) is 1. The lowest BCUT2D eigenvalue weighted by molar-refractivity contribution is -0.137. The van der Waals surface area contributed by atoms with E-state index in [0.717, 1.165) is 6.08 Å². The Kier molecular flexibility index (Phi) is 4.18. The third-order valence-corrected chi connectivity index (χ3v) is 2.02. The summed E-state index contributed by atoms with van der Waals surface area (Å²) in [6.07, 6.45) is 1.00. The molecule has 1 N–H and O–H groups in total. The van der Waals surface area contributed by atoms with Crippen molar-refractivity contribution in [2.45, 2.75) is 6.92 Å². The van der Waals surface area contributed by atoms with Gasteiger partial charge in [-0.1, -0.05) is 23.7 Å². The molecule has 0 bridgehead atoms. The van der Waals surface area contributed by atoms with Crippen LogP contribution in [-0.4, -0.2) is 17.7 Å². The quantitative estimate of drug-likeness (QED) is 0.490. The van der Waals surface area contributed by atoms with Gasteiger partial charge < -0.3 is 9.84 Å². The van der Waals surface area contributed by atoms with Crippen LogP contribution in [0.3, 0.4) is 0 Å². The molecule has 80 valence electrons. The van der Waals surface area contributed by atoms with Crippen LogP contribution in [0.25, 0.3) is 5.76 Å². The molecular weight excluding hydrogens is 216 g/mol. The molecule has 0 spiro atoms. The molecule has 0 amide bonds. The van der Waals surface area contributed by atoms with E-state index in [4.69, 9.17) is 11.6 Å². The SMILES string of the molecule is CCOC(=O)/C=C(/O)c1ccccc1Cl. The van der Waals surface area contributed by atoms with Crippen molar-refractivity contribution < 1.29 is 14.6 Å². The van der Waals surface area contributed by atoms with E-state index in [-0.39, 0.29) is 12.4 Å². The van der Waals surface area contributed by atoms with Crippen molar-refractivity contribution in [3.63, 3.8) is 0 Å². The first-order valence-corrected chi connectivity index (χ1v) is 4.85. The smallest absolute Gasteiger partial charge is 0.334 e. The van der Waals surface area contributed by atoms with Gasteiger partial charge in [-0.05, 0) is 19.1 Å². The fraction of sp³-hybridized carbons (Fsp3) is 0.182. The zero-order chi connectivity index (χ0) is 11.3. The van der Waals surface area contributed by atoms with E-state index in [9.17, 15) is 9.90 Å². The normalized spacial score (nSPS) is 11.2. The molecule has 3 nitrogen and oxygen atoms in total. The highest BCUT2D eigenvalue weighted by atomic mass is 35.5. The molecule has 0 atom stereocenters. The topological polar surface area (TPSA) is 46.5 Å². The second-order valence-corrected chi connectivity index (χ2v) is 3.17. The largest absolute Gasteiger partial charge is 0.507 e. The Balaban J connectivity index is 2.89. The third kappa shape index (κ3) is 3.29. The lowest BCUT2D eigenvalue weighted by atomic mass is 10.2. The zero-order valence-corrected chi connectivity index (χ0v) is 8.99. The molecule has 0 aliphatic rings. The molecule has 0 unspecified atom stereocenters. The standard InChI is InChI=1S/C11H11ClO3/c1-2-15-11(14)7-10(13)8-5-3-4-6-9(8)12/h3-7,13H,2H2,1H3/b10-7+. The van der Waals surface area contributed by atoms with Gasteiger partial charge in [0.05, 0.1) is 17.7 Å². The molecule has 4 heteroatoms. The molecule has 0 heterocycles. The Bertz CT molecular complexity index is 385. The average molecular weight is 227 g/mol. The molecule has 0 aliphatic heterocycles.